The molecule has 0 spiro atoms. The molecule has 0 aliphatic rings. The van der Waals surface area contributed by atoms with Crippen LogP contribution in [0.3, 0.4) is 0 Å². The molecule has 0 atom stereocenters. The average Bonchev–Trinajstić information content (AvgIpc) is 2.43. The van der Waals surface area contributed by atoms with E-state index in [1.807, 2.05) is 26.2 Å². The summed E-state index contributed by atoms with van der Waals surface area (Å²) in [6.45, 7) is 1.50. The van der Waals surface area contributed by atoms with E-state index < -0.39 is 0 Å². The predicted molar refractivity (Wildman–Crippen MR) is 80.1 cm³/mol. The van der Waals surface area contributed by atoms with Gasteiger partial charge in [0.15, 0.2) is 0 Å². The molecule has 0 unspecified atom stereocenters. The topological polar surface area (TPSA) is 65.2 Å². The molecule has 2 N–H and O–H groups in total. The lowest BCUT2D eigenvalue weighted by Gasteiger charge is -2.10. The molecule has 0 saturated heterocycles. The lowest BCUT2D eigenvalue weighted by molar-refractivity contribution is 0.0947. The van der Waals surface area contributed by atoms with Gasteiger partial charge in [0.05, 0.1) is 0 Å². The van der Waals surface area contributed by atoms with Crippen LogP contribution in [0.2, 0.25) is 0 Å². The molecule has 2 rings (SSSR count). The monoisotopic (exact) mass is 273 g/mol. The molecule has 1 aromatic carbocycles. The maximum absolute atomic E-state index is 12.0. The Kier molecular flexibility index (Phi) is 4.53. The van der Waals surface area contributed by atoms with Gasteiger partial charge in [-0.3, -0.25) is 9.59 Å². The number of rotatable bonds is 5. The third-order valence-corrected chi connectivity index (χ3v) is 3.07. The van der Waals surface area contributed by atoms with Gasteiger partial charge >= 0.3 is 0 Å². The molecule has 1 aromatic heterocycles. The first-order valence-corrected chi connectivity index (χ1v) is 6.63. The van der Waals surface area contributed by atoms with E-state index in [2.05, 4.69) is 15.2 Å². The number of amides is 1. The van der Waals surface area contributed by atoms with Crippen LogP contribution in [0.25, 0.3) is 10.8 Å². The molecule has 5 heteroatoms. The lowest BCUT2D eigenvalue weighted by atomic mass is 10.1. The Labute approximate surface area is 117 Å². The molecule has 1 heterocycles. The van der Waals surface area contributed by atoms with Gasteiger partial charge in [0.25, 0.3) is 11.5 Å². The first-order chi connectivity index (χ1) is 9.58. The number of hydrogen-bond acceptors (Lipinski definition) is 3. The zero-order valence-corrected chi connectivity index (χ0v) is 11.8. The number of aromatic nitrogens is 1. The summed E-state index contributed by atoms with van der Waals surface area (Å²) >= 11 is 0. The first-order valence-electron chi connectivity index (χ1n) is 6.63. The molecule has 1 amide bonds. The van der Waals surface area contributed by atoms with E-state index in [-0.39, 0.29) is 11.5 Å². The summed E-state index contributed by atoms with van der Waals surface area (Å²) in [5, 5.41) is 4.18. The Hall–Kier alpha value is -2.14. The Balaban J connectivity index is 2.09. The normalized spacial score (nSPS) is 10.9. The molecular weight excluding hydrogens is 254 g/mol. The van der Waals surface area contributed by atoms with E-state index in [0.717, 1.165) is 18.4 Å². The zero-order chi connectivity index (χ0) is 14.5. The zero-order valence-electron chi connectivity index (χ0n) is 11.8. The predicted octanol–water partition coefficient (Wildman–Crippen LogP) is 1.21. The van der Waals surface area contributed by atoms with Gasteiger partial charge < -0.3 is 15.2 Å². The number of carbonyl (C=O) groups is 1. The smallest absolute Gasteiger partial charge is 0.267 e. The van der Waals surface area contributed by atoms with Gasteiger partial charge in [0.1, 0.15) is 5.69 Å². The fraction of sp³-hybridized carbons (Fsp3) is 0.333. The van der Waals surface area contributed by atoms with Crippen LogP contribution in [-0.2, 0) is 0 Å². The standard InChI is InChI=1S/C15H19N3O2/c1-18(2)9-5-8-16-15(20)13-10-11-6-3-4-7-12(11)14(19)17-13/h3-4,6-7,10H,5,8-9H2,1-2H3,(H,16,20)(H,17,19). The summed E-state index contributed by atoms with van der Waals surface area (Å²) in [7, 11) is 3.98. The molecule has 0 fully saturated rings. The van der Waals surface area contributed by atoms with E-state index in [1.54, 1.807) is 18.2 Å². The first kappa shape index (κ1) is 14.3. The molecular formula is C15H19N3O2. The van der Waals surface area contributed by atoms with Crippen molar-refractivity contribution < 1.29 is 4.79 Å². The molecule has 2 aromatic rings. The Morgan fingerprint density at radius 3 is 2.80 bits per heavy atom. The van der Waals surface area contributed by atoms with Gasteiger partial charge in [-0.05, 0) is 44.6 Å². The minimum Gasteiger partial charge on any atom is -0.351 e. The second-order valence-electron chi connectivity index (χ2n) is 5.01. The minimum atomic E-state index is -0.244. The fourth-order valence-corrected chi connectivity index (χ4v) is 2.03. The summed E-state index contributed by atoms with van der Waals surface area (Å²) in [5.74, 6) is -0.244. The van der Waals surface area contributed by atoms with Crippen molar-refractivity contribution in [3.05, 3.63) is 46.4 Å². The molecule has 20 heavy (non-hydrogen) atoms. The van der Waals surface area contributed by atoms with Crippen molar-refractivity contribution in [2.45, 2.75) is 6.42 Å². The lowest BCUT2D eigenvalue weighted by Crippen LogP contribution is -2.29. The number of hydrogen-bond donors (Lipinski definition) is 2. The number of pyridine rings is 1. The summed E-state index contributed by atoms with van der Waals surface area (Å²) in [5.41, 5.74) is 0.0695. The Bertz CT molecular complexity index is 661. The molecule has 0 radical (unpaired) electrons. The third kappa shape index (κ3) is 3.45. The van der Waals surface area contributed by atoms with E-state index in [1.165, 1.54) is 0 Å². The molecule has 0 aliphatic heterocycles. The van der Waals surface area contributed by atoms with E-state index >= 15 is 0 Å². The van der Waals surface area contributed by atoms with Crippen LogP contribution in [0.1, 0.15) is 16.9 Å². The molecule has 0 saturated carbocycles. The number of nitrogens with one attached hydrogen (secondary N) is 2. The SMILES string of the molecule is CN(C)CCCNC(=O)c1cc2ccccc2c(=O)[nH]1. The van der Waals surface area contributed by atoms with Crippen molar-refractivity contribution in [1.82, 2.24) is 15.2 Å². The van der Waals surface area contributed by atoms with Crippen LogP contribution in [0, 0.1) is 0 Å². The van der Waals surface area contributed by atoms with Gasteiger partial charge in [0.2, 0.25) is 0 Å². The van der Waals surface area contributed by atoms with Crippen molar-refractivity contribution >= 4 is 16.7 Å². The maximum atomic E-state index is 12.0. The highest BCUT2D eigenvalue weighted by Gasteiger charge is 2.08. The second kappa shape index (κ2) is 6.34. The maximum Gasteiger partial charge on any atom is 0.267 e. The molecule has 0 aliphatic carbocycles. The Morgan fingerprint density at radius 1 is 1.30 bits per heavy atom. The van der Waals surface area contributed by atoms with Crippen LogP contribution in [-0.4, -0.2) is 43.0 Å². The number of benzene rings is 1. The van der Waals surface area contributed by atoms with Gasteiger partial charge in [0, 0.05) is 11.9 Å². The van der Waals surface area contributed by atoms with Crippen LogP contribution in [0.4, 0.5) is 0 Å². The van der Waals surface area contributed by atoms with Crippen molar-refractivity contribution in [1.29, 1.82) is 0 Å². The minimum absolute atomic E-state index is 0.235. The quantitative estimate of drug-likeness (QED) is 0.805. The highest BCUT2D eigenvalue weighted by Crippen LogP contribution is 2.09. The Morgan fingerprint density at radius 2 is 2.05 bits per heavy atom. The summed E-state index contributed by atoms with van der Waals surface area (Å²) in [6, 6.07) is 8.93. The fourth-order valence-electron chi connectivity index (χ4n) is 2.03. The van der Waals surface area contributed by atoms with Crippen LogP contribution in [0.5, 0.6) is 0 Å². The largest absolute Gasteiger partial charge is 0.351 e. The van der Waals surface area contributed by atoms with Crippen molar-refractivity contribution in [3.8, 4) is 0 Å². The van der Waals surface area contributed by atoms with E-state index in [0.29, 0.717) is 17.6 Å². The van der Waals surface area contributed by atoms with Crippen molar-refractivity contribution in [2.75, 3.05) is 27.2 Å². The summed E-state index contributed by atoms with van der Waals surface area (Å²) in [6.07, 6.45) is 0.872. The highest BCUT2D eigenvalue weighted by molar-refractivity contribution is 5.96. The molecule has 5 nitrogen and oxygen atoms in total. The number of nitrogens with zero attached hydrogens (tertiary/aromatic N) is 1. The van der Waals surface area contributed by atoms with Crippen LogP contribution in [0.15, 0.2) is 35.1 Å². The number of carbonyl (C=O) groups excluding carboxylic acids is 1. The second-order valence-corrected chi connectivity index (χ2v) is 5.01. The van der Waals surface area contributed by atoms with E-state index in [9.17, 15) is 9.59 Å². The van der Waals surface area contributed by atoms with Crippen LogP contribution >= 0.6 is 0 Å². The van der Waals surface area contributed by atoms with Gasteiger partial charge in [-0.15, -0.1) is 0 Å². The number of fused-ring (bicyclic) bond motifs is 1. The molecule has 106 valence electrons. The summed E-state index contributed by atoms with van der Waals surface area (Å²) < 4.78 is 0. The van der Waals surface area contributed by atoms with Crippen molar-refractivity contribution in [3.63, 3.8) is 0 Å². The molecule has 0 bridgehead atoms. The average molecular weight is 273 g/mol. The summed E-state index contributed by atoms with van der Waals surface area (Å²) in [4.78, 5) is 28.6. The van der Waals surface area contributed by atoms with Gasteiger partial charge in [-0.1, -0.05) is 18.2 Å². The third-order valence-electron chi connectivity index (χ3n) is 3.07. The highest BCUT2D eigenvalue weighted by atomic mass is 16.2. The number of H-pyrrole nitrogens is 1. The number of aromatic amines is 1. The van der Waals surface area contributed by atoms with Crippen LogP contribution < -0.4 is 10.9 Å². The van der Waals surface area contributed by atoms with Gasteiger partial charge in [-0.25, -0.2) is 0 Å². The van der Waals surface area contributed by atoms with Gasteiger partial charge in [-0.2, -0.15) is 0 Å². The van der Waals surface area contributed by atoms with Crippen molar-refractivity contribution in [2.24, 2.45) is 0 Å². The van der Waals surface area contributed by atoms with E-state index in [4.69, 9.17) is 0 Å².